The Bertz CT molecular complexity index is 774. The average molecular weight is 399 g/mol. The molecular formula is C18H24F3N5O2. The number of aliphatic hydroxyl groups is 1. The molecule has 1 aromatic heterocycles. The maximum absolute atomic E-state index is 12.2. The molecule has 10 heteroatoms. The van der Waals surface area contributed by atoms with Gasteiger partial charge in [-0.2, -0.15) is 5.10 Å². The highest BCUT2D eigenvalue weighted by molar-refractivity contribution is 5.79. The van der Waals surface area contributed by atoms with E-state index in [-0.39, 0.29) is 12.3 Å². The van der Waals surface area contributed by atoms with E-state index in [1.54, 1.807) is 10.9 Å². The van der Waals surface area contributed by atoms with E-state index in [1.165, 1.54) is 12.1 Å². The van der Waals surface area contributed by atoms with Gasteiger partial charge < -0.3 is 20.1 Å². The minimum Gasteiger partial charge on any atom is -0.406 e. The van der Waals surface area contributed by atoms with Crippen molar-refractivity contribution < 1.29 is 23.0 Å². The van der Waals surface area contributed by atoms with Crippen molar-refractivity contribution in [1.29, 1.82) is 0 Å². The zero-order chi connectivity index (χ0) is 20.7. The van der Waals surface area contributed by atoms with E-state index < -0.39 is 12.5 Å². The number of nitrogens with one attached hydrogen (secondary N) is 1. The third-order valence-electron chi connectivity index (χ3n) is 3.79. The van der Waals surface area contributed by atoms with Crippen molar-refractivity contribution in [1.82, 2.24) is 20.0 Å². The quantitative estimate of drug-likeness (QED) is 0.553. The lowest BCUT2D eigenvalue weighted by Gasteiger charge is -2.22. The molecule has 0 spiro atoms. The van der Waals surface area contributed by atoms with Crippen LogP contribution in [0.2, 0.25) is 0 Å². The number of ether oxygens (including phenoxy) is 1. The normalized spacial score (nSPS) is 13.3. The molecule has 1 aromatic carbocycles. The molecule has 7 nitrogen and oxygen atoms in total. The van der Waals surface area contributed by atoms with E-state index in [9.17, 15) is 18.3 Å². The zero-order valence-corrected chi connectivity index (χ0v) is 15.9. The second kappa shape index (κ2) is 9.45. The molecule has 0 radical (unpaired) electrons. The van der Waals surface area contributed by atoms with Crippen LogP contribution in [0, 0.1) is 0 Å². The number of guanidine groups is 1. The molecule has 0 aliphatic heterocycles. The summed E-state index contributed by atoms with van der Waals surface area (Å²) in [5, 5.41) is 17.6. The highest BCUT2D eigenvalue weighted by atomic mass is 19.4. The predicted molar refractivity (Wildman–Crippen MR) is 98.7 cm³/mol. The minimum absolute atomic E-state index is 0.0547. The van der Waals surface area contributed by atoms with Gasteiger partial charge in [-0.1, -0.05) is 12.1 Å². The number of aliphatic imine (C=N–C) groups is 1. The fourth-order valence-electron chi connectivity index (χ4n) is 2.54. The van der Waals surface area contributed by atoms with Gasteiger partial charge >= 0.3 is 6.36 Å². The summed E-state index contributed by atoms with van der Waals surface area (Å²) in [5.41, 5.74) is 1.46. The molecule has 2 N–H and O–H groups in total. The van der Waals surface area contributed by atoms with Crippen LogP contribution in [0.25, 0.3) is 0 Å². The van der Waals surface area contributed by atoms with E-state index in [1.807, 2.05) is 32.1 Å². The Balaban J connectivity index is 2.00. The third kappa shape index (κ3) is 6.76. The lowest BCUT2D eigenvalue weighted by Crippen LogP contribution is -2.38. The van der Waals surface area contributed by atoms with E-state index in [0.29, 0.717) is 24.6 Å². The summed E-state index contributed by atoms with van der Waals surface area (Å²) < 4.78 is 42.2. The first-order chi connectivity index (χ1) is 13.2. The first-order valence-electron chi connectivity index (χ1n) is 8.68. The molecule has 2 aromatic rings. The number of hydrogen-bond acceptors (Lipinski definition) is 4. The molecule has 0 aliphatic rings. The van der Waals surface area contributed by atoms with Gasteiger partial charge in [0.05, 0.1) is 18.8 Å². The number of halogens is 3. The van der Waals surface area contributed by atoms with E-state index >= 15 is 0 Å². The molecule has 0 aliphatic carbocycles. The number of rotatable bonds is 7. The van der Waals surface area contributed by atoms with Gasteiger partial charge in [0.15, 0.2) is 5.96 Å². The highest BCUT2D eigenvalue weighted by Crippen LogP contribution is 2.24. The number of aromatic nitrogens is 2. The van der Waals surface area contributed by atoms with Crippen LogP contribution in [0.15, 0.2) is 41.7 Å². The standard InChI is InChI=1S/C18H24F3N5O2/c1-4-22-17(25(2)11-13-9-24-26(3)12-13)23-10-16(27)14-5-7-15(8-6-14)28-18(19,20)21/h5-9,12,16,27H,4,10-11H2,1-3H3,(H,22,23). The molecule has 0 fully saturated rings. The lowest BCUT2D eigenvalue weighted by atomic mass is 10.1. The minimum atomic E-state index is -4.75. The second-order valence-electron chi connectivity index (χ2n) is 6.21. The number of aliphatic hydroxyl groups excluding tert-OH is 1. The fourth-order valence-corrected chi connectivity index (χ4v) is 2.54. The summed E-state index contributed by atoms with van der Waals surface area (Å²) in [7, 11) is 3.70. The van der Waals surface area contributed by atoms with Gasteiger partial charge in [0.1, 0.15) is 5.75 Å². The van der Waals surface area contributed by atoms with E-state index in [0.717, 1.165) is 17.7 Å². The van der Waals surface area contributed by atoms with Crippen LogP contribution in [-0.2, 0) is 13.6 Å². The first kappa shape index (κ1) is 21.5. The van der Waals surface area contributed by atoms with Crippen LogP contribution < -0.4 is 10.1 Å². The molecule has 0 saturated carbocycles. The molecule has 0 amide bonds. The maximum atomic E-state index is 12.2. The van der Waals surface area contributed by atoms with Crippen molar-refractivity contribution in [2.75, 3.05) is 20.1 Å². The van der Waals surface area contributed by atoms with Crippen molar-refractivity contribution in [3.05, 3.63) is 47.8 Å². The van der Waals surface area contributed by atoms with Crippen LogP contribution in [0.1, 0.15) is 24.2 Å². The molecule has 28 heavy (non-hydrogen) atoms. The van der Waals surface area contributed by atoms with Gasteiger partial charge in [0.2, 0.25) is 0 Å². The summed E-state index contributed by atoms with van der Waals surface area (Å²) in [6.07, 6.45) is -2.04. The number of benzene rings is 1. The largest absolute Gasteiger partial charge is 0.573 e. The van der Waals surface area contributed by atoms with Crippen LogP contribution in [-0.4, -0.2) is 52.2 Å². The summed E-state index contributed by atoms with van der Waals surface area (Å²) >= 11 is 0. The van der Waals surface area contributed by atoms with Crippen molar-refractivity contribution in [2.45, 2.75) is 25.9 Å². The summed E-state index contributed by atoms with van der Waals surface area (Å²) in [4.78, 5) is 6.31. The summed E-state index contributed by atoms with van der Waals surface area (Å²) in [6.45, 7) is 3.22. The van der Waals surface area contributed by atoms with Crippen LogP contribution >= 0.6 is 0 Å². The third-order valence-corrected chi connectivity index (χ3v) is 3.79. The number of alkyl halides is 3. The Hall–Kier alpha value is -2.75. The molecule has 1 heterocycles. The van der Waals surface area contributed by atoms with E-state index in [2.05, 4.69) is 20.1 Å². The van der Waals surface area contributed by atoms with Gasteiger partial charge in [-0.05, 0) is 24.6 Å². The molecular weight excluding hydrogens is 375 g/mol. The van der Waals surface area contributed by atoms with Crippen molar-refractivity contribution in [2.24, 2.45) is 12.0 Å². The molecule has 0 saturated heterocycles. The second-order valence-corrected chi connectivity index (χ2v) is 6.21. The van der Waals surface area contributed by atoms with Crippen molar-refractivity contribution in [3.8, 4) is 5.75 Å². The molecule has 1 unspecified atom stereocenters. The Morgan fingerprint density at radius 1 is 1.36 bits per heavy atom. The van der Waals surface area contributed by atoms with Gasteiger partial charge in [-0.3, -0.25) is 9.67 Å². The smallest absolute Gasteiger partial charge is 0.406 e. The van der Waals surface area contributed by atoms with Crippen molar-refractivity contribution >= 4 is 5.96 Å². The fraction of sp³-hybridized carbons (Fsp3) is 0.444. The number of nitrogens with zero attached hydrogens (tertiary/aromatic N) is 4. The summed E-state index contributed by atoms with van der Waals surface area (Å²) in [5.74, 6) is 0.263. The maximum Gasteiger partial charge on any atom is 0.573 e. The number of aryl methyl sites for hydroxylation is 1. The Kier molecular flexibility index (Phi) is 7.27. The monoisotopic (exact) mass is 399 g/mol. The first-order valence-corrected chi connectivity index (χ1v) is 8.68. The zero-order valence-electron chi connectivity index (χ0n) is 15.9. The molecule has 2 rings (SSSR count). The predicted octanol–water partition coefficient (Wildman–Crippen LogP) is 2.45. The van der Waals surface area contributed by atoms with Gasteiger partial charge in [-0.25, -0.2) is 0 Å². The average Bonchev–Trinajstić information content (AvgIpc) is 3.02. The molecule has 1 atom stereocenters. The topological polar surface area (TPSA) is 74.9 Å². The highest BCUT2D eigenvalue weighted by Gasteiger charge is 2.31. The van der Waals surface area contributed by atoms with Crippen LogP contribution in [0.5, 0.6) is 5.75 Å². The Labute approximate surface area is 161 Å². The molecule has 154 valence electrons. The van der Waals surface area contributed by atoms with Crippen LogP contribution in [0.4, 0.5) is 13.2 Å². The lowest BCUT2D eigenvalue weighted by molar-refractivity contribution is -0.274. The number of hydrogen-bond donors (Lipinski definition) is 2. The van der Waals surface area contributed by atoms with Crippen LogP contribution in [0.3, 0.4) is 0 Å². The van der Waals surface area contributed by atoms with Gasteiger partial charge in [0.25, 0.3) is 0 Å². The van der Waals surface area contributed by atoms with Gasteiger partial charge in [0, 0.05) is 38.9 Å². The van der Waals surface area contributed by atoms with Crippen molar-refractivity contribution in [3.63, 3.8) is 0 Å². The molecule has 0 bridgehead atoms. The van der Waals surface area contributed by atoms with Gasteiger partial charge in [-0.15, -0.1) is 13.2 Å². The SMILES string of the molecule is CCNC(=NCC(O)c1ccc(OC(F)(F)F)cc1)N(C)Cc1cnn(C)c1. The Morgan fingerprint density at radius 3 is 2.57 bits per heavy atom. The Morgan fingerprint density at radius 2 is 2.04 bits per heavy atom. The van der Waals surface area contributed by atoms with E-state index in [4.69, 9.17) is 0 Å². The summed E-state index contributed by atoms with van der Waals surface area (Å²) in [6, 6.07) is 5.09.